The van der Waals surface area contributed by atoms with Crippen LogP contribution in [0.4, 0.5) is 11.4 Å². The van der Waals surface area contributed by atoms with E-state index in [1.165, 1.54) is 6.08 Å². The fraction of sp³-hybridized carbons (Fsp3) is 0.0800. The molecule has 172 valence electrons. The number of amides is 2. The summed E-state index contributed by atoms with van der Waals surface area (Å²) in [5, 5.41) is 15.9. The third-order valence-electron chi connectivity index (χ3n) is 4.53. The largest absolute Gasteiger partial charge is 0.483 e. The van der Waals surface area contributed by atoms with E-state index < -0.39 is 11.8 Å². The van der Waals surface area contributed by atoms with Crippen molar-refractivity contribution in [3.05, 3.63) is 91.9 Å². The summed E-state index contributed by atoms with van der Waals surface area (Å²) in [6.45, 7) is 1.58. The molecule has 0 bridgehead atoms. The van der Waals surface area contributed by atoms with E-state index in [0.29, 0.717) is 37.2 Å². The highest BCUT2D eigenvalue weighted by atomic mass is 79.9. The van der Waals surface area contributed by atoms with Crippen molar-refractivity contribution in [3.63, 3.8) is 0 Å². The number of nitriles is 1. The van der Waals surface area contributed by atoms with Crippen LogP contribution in [0.1, 0.15) is 11.1 Å². The topological polar surface area (TPSA) is 91.2 Å². The lowest BCUT2D eigenvalue weighted by Crippen LogP contribution is -2.20. The molecule has 0 unspecified atom stereocenters. The Hall–Kier alpha value is -3.31. The third kappa shape index (κ3) is 7.09. The molecule has 0 radical (unpaired) electrons. The molecule has 0 fully saturated rings. The fourth-order valence-electron chi connectivity index (χ4n) is 2.84. The summed E-state index contributed by atoms with van der Waals surface area (Å²) in [6, 6.07) is 18.7. The molecule has 2 amide bonds. The molecule has 0 atom stereocenters. The summed E-state index contributed by atoms with van der Waals surface area (Å²) in [6.07, 6.45) is 1.39. The van der Waals surface area contributed by atoms with Crippen LogP contribution in [0.3, 0.4) is 0 Å². The van der Waals surface area contributed by atoms with Gasteiger partial charge in [0.2, 0.25) is 0 Å². The molecule has 0 aliphatic rings. The molecule has 0 aromatic heterocycles. The number of anilines is 2. The molecular weight excluding hydrogens is 541 g/mol. The van der Waals surface area contributed by atoms with Crippen molar-refractivity contribution in [2.75, 3.05) is 17.2 Å². The first-order valence-corrected chi connectivity index (χ1v) is 11.5. The number of carbonyl (C=O) groups excluding carboxylic acids is 2. The van der Waals surface area contributed by atoms with Crippen LogP contribution in [0.25, 0.3) is 6.08 Å². The normalized spacial score (nSPS) is 10.9. The van der Waals surface area contributed by atoms with Crippen molar-refractivity contribution in [2.24, 2.45) is 0 Å². The monoisotopic (exact) mass is 557 g/mol. The first kappa shape index (κ1) is 25.3. The molecule has 0 aliphatic heterocycles. The predicted molar refractivity (Wildman–Crippen MR) is 138 cm³/mol. The number of nitrogens with one attached hydrogen (secondary N) is 2. The quantitative estimate of drug-likeness (QED) is 0.251. The summed E-state index contributed by atoms with van der Waals surface area (Å²) < 4.78 is 6.38. The Labute approximate surface area is 215 Å². The minimum absolute atomic E-state index is 0.151. The van der Waals surface area contributed by atoms with Gasteiger partial charge in [0.1, 0.15) is 17.4 Å². The zero-order valence-electron chi connectivity index (χ0n) is 17.9. The smallest absolute Gasteiger partial charge is 0.266 e. The van der Waals surface area contributed by atoms with Gasteiger partial charge in [0, 0.05) is 31.5 Å². The van der Waals surface area contributed by atoms with Gasteiger partial charge in [-0.2, -0.15) is 5.26 Å². The maximum Gasteiger partial charge on any atom is 0.266 e. The Kier molecular flexibility index (Phi) is 8.72. The predicted octanol–water partition coefficient (Wildman–Crippen LogP) is 6.63. The summed E-state index contributed by atoms with van der Waals surface area (Å²) in [4.78, 5) is 25.0. The van der Waals surface area contributed by atoms with Gasteiger partial charge in [-0.1, -0.05) is 51.3 Å². The van der Waals surface area contributed by atoms with Gasteiger partial charge in [0.25, 0.3) is 11.8 Å². The maximum absolute atomic E-state index is 12.6. The van der Waals surface area contributed by atoms with Crippen LogP contribution in [0.5, 0.6) is 5.75 Å². The lowest BCUT2D eigenvalue weighted by Gasteiger charge is -2.11. The fourth-order valence-corrected chi connectivity index (χ4v) is 3.59. The van der Waals surface area contributed by atoms with E-state index in [-0.39, 0.29) is 12.2 Å². The molecule has 0 spiro atoms. The Bertz CT molecular complexity index is 1320. The van der Waals surface area contributed by atoms with Gasteiger partial charge in [-0.05, 0) is 67.1 Å². The standard InChI is InChI=1S/C25H18BrCl2N3O3/c1-15-5-7-21(12-22(15)28)30-24(32)14-34-23-8-6-18(26)10-16(23)9-17(13-29)25(33)31-20-4-2-3-19(27)11-20/h2-12H,14H2,1H3,(H,30,32)(H,31,33)/b17-9-. The summed E-state index contributed by atoms with van der Waals surface area (Å²) in [5.74, 6) is -0.676. The molecule has 9 heteroatoms. The molecule has 3 rings (SSSR count). The molecule has 3 aromatic carbocycles. The van der Waals surface area contributed by atoms with Crippen LogP contribution in [0.2, 0.25) is 10.0 Å². The van der Waals surface area contributed by atoms with E-state index in [2.05, 4.69) is 26.6 Å². The number of aryl methyl sites for hydroxylation is 1. The van der Waals surface area contributed by atoms with Crippen LogP contribution in [0.15, 0.2) is 70.7 Å². The van der Waals surface area contributed by atoms with Gasteiger partial charge in [-0.25, -0.2) is 0 Å². The van der Waals surface area contributed by atoms with E-state index in [4.69, 9.17) is 27.9 Å². The van der Waals surface area contributed by atoms with Gasteiger partial charge < -0.3 is 15.4 Å². The molecular formula is C25H18BrCl2N3O3. The zero-order chi connectivity index (χ0) is 24.7. The third-order valence-corrected chi connectivity index (χ3v) is 5.67. The zero-order valence-corrected chi connectivity index (χ0v) is 21.0. The van der Waals surface area contributed by atoms with Gasteiger partial charge in [-0.3, -0.25) is 9.59 Å². The number of carbonyl (C=O) groups is 2. The van der Waals surface area contributed by atoms with Gasteiger partial charge >= 0.3 is 0 Å². The Morgan fingerprint density at radius 1 is 1.06 bits per heavy atom. The van der Waals surface area contributed by atoms with Crippen LogP contribution in [-0.4, -0.2) is 18.4 Å². The molecule has 0 saturated carbocycles. The average molecular weight is 559 g/mol. The van der Waals surface area contributed by atoms with E-state index in [0.717, 1.165) is 5.56 Å². The number of hydrogen-bond donors (Lipinski definition) is 2. The number of hydrogen-bond acceptors (Lipinski definition) is 4. The van der Waals surface area contributed by atoms with Gasteiger partial charge in [0.05, 0.1) is 0 Å². The first-order valence-electron chi connectivity index (χ1n) is 9.92. The van der Waals surface area contributed by atoms with E-state index >= 15 is 0 Å². The lowest BCUT2D eigenvalue weighted by molar-refractivity contribution is -0.118. The van der Waals surface area contributed by atoms with Crippen molar-refractivity contribution < 1.29 is 14.3 Å². The Balaban J connectivity index is 1.74. The van der Waals surface area contributed by atoms with Crippen LogP contribution < -0.4 is 15.4 Å². The van der Waals surface area contributed by atoms with E-state index in [9.17, 15) is 14.9 Å². The van der Waals surface area contributed by atoms with Crippen molar-refractivity contribution in [1.82, 2.24) is 0 Å². The molecule has 0 heterocycles. The van der Waals surface area contributed by atoms with Crippen molar-refractivity contribution in [3.8, 4) is 11.8 Å². The summed E-state index contributed by atoms with van der Waals surface area (Å²) in [7, 11) is 0. The minimum atomic E-state index is -0.607. The van der Waals surface area contributed by atoms with Gasteiger partial charge in [-0.15, -0.1) is 0 Å². The number of rotatable bonds is 7. The van der Waals surface area contributed by atoms with E-state index in [1.54, 1.807) is 60.7 Å². The van der Waals surface area contributed by atoms with Crippen LogP contribution >= 0.6 is 39.1 Å². The summed E-state index contributed by atoms with van der Waals surface area (Å²) >= 11 is 15.4. The highest BCUT2D eigenvalue weighted by Crippen LogP contribution is 2.26. The number of halogens is 3. The minimum Gasteiger partial charge on any atom is -0.483 e. The van der Waals surface area contributed by atoms with Crippen LogP contribution in [0, 0.1) is 18.3 Å². The highest BCUT2D eigenvalue weighted by Gasteiger charge is 2.13. The Morgan fingerprint density at radius 3 is 2.53 bits per heavy atom. The lowest BCUT2D eigenvalue weighted by atomic mass is 10.1. The first-order chi connectivity index (χ1) is 16.2. The molecule has 3 aromatic rings. The molecule has 0 aliphatic carbocycles. The second-order valence-corrected chi connectivity index (χ2v) is 8.88. The SMILES string of the molecule is Cc1ccc(NC(=O)COc2ccc(Br)cc2/C=C(/C#N)C(=O)Nc2cccc(Cl)c2)cc1Cl. The van der Waals surface area contributed by atoms with Crippen molar-refractivity contribution >= 4 is 68.4 Å². The number of nitrogens with zero attached hydrogens (tertiary/aromatic N) is 1. The number of ether oxygens (including phenoxy) is 1. The molecule has 0 saturated heterocycles. The van der Waals surface area contributed by atoms with Crippen molar-refractivity contribution in [2.45, 2.75) is 6.92 Å². The Morgan fingerprint density at radius 2 is 1.82 bits per heavy atom. The second-order valence-electron chi connectivity index (χ2n) is 7.12. The molecule has 34 heavy (non-hydrogen) atoms. The maximum atomic E-state index is 12.6. The van der Waals surface area contributed by atoms with Crippen LogP contribution in [-0.2, 0) is 9.59 Å². The van der Waals surface area contributed by atoms with Gasteiger partial charge in [0.15, 0.2) is 6.61 Å². The average Bonchev–Trinajstić information content (AvgIpc) is 2.79. The second kappa shape index (κ2) is 11.7. The molecule has 6 nitrogen and oxygen atoms in total. The highest BCUT2D eigenvalue weighted by molar-refractivity contribution is 9.10. The van der Waals surface area contributed by atoms with Crippen molar-refractivity contribution in [1.29, 1.82) is 5.26 Å². The summed E-state index contributed by atoms with van der Waals surface area (Å²) in [5.41, 5.74) is 2.19. The molecule has 2 N–H and O–H groups in total. The number of benzene rings is 3. The van der Waals surface area contributed by atoms with E-state index in [1.807, 2.05) is 13.0 Å².